The molecule has 1 atom stereocenters. The molecule has 1 N–H and O–H groups in total. The van der Waals surface area contributed by atoms with Gasteiger partial charge < -0.3 is 14.5 Å². The Hall–Kier alpha value is -1.99. The van der Waals surface area contributed by atoms with E-state index in [-0.39, 0.29) is 16.8 Å². The Bertz CT molecular complexity index is 804. The molecule has 1 aliphatic heterocycles. The van der Waals surface area contributed by atoms with Gasteiger partial charge in [0.15, 0.2) is 0 Å². The number of benzene rings is 1. The summed E-state index contributed by atoms with van der Waals surface area (Å²) in [7, 11) is 1.60. The van der Waals surface area contributed by atoms with Crippen LogP contribution in [0.5, 0.6) is 5.75 Å². The fourth-order valence-corrected chi connectivity index (χ4v) is 4.52. The standard InChI is InChI=1S/C16H15NO4S2/c1-3-21-15(18)11-8-22-14-13(23-16(19)17-14)12(11)9-4-6-10(20-2)7-5-9/h4-8,12H,3H2,1-2H3,(H,17,19). The second-order valence-corrected chi connectivity index (χ2v) is 6.72. The molecule has 0 spiro atoms. The van der Waals surface area contributed by atoms with Crippen LogP contribution < -0.4 is 9.61 Å². The van der Waals surface area contributed by atoms with Gasteiger partial charge in [-0.15, -0.1) is 0 Å². The van der Waals surface area contributed by atoms with Crippen molar-refractivity contribution in [2.75, 3.05) is 13.7 Å². The zero-order valence-corrected chi connectivity index (χ0v) is 14.3. The average molecular weight is 349 g/mol. The zero-order valence-electron chi connectivity index (χ0n) is 12.6. The molecule has 1 aromatic carbocycles. The monoisotopic (exact) mass is 349 g/mol. The van der Waals surface area contributed by atoms with E-state index in [9.17, 15) is 9.59 Å². The van der Waals surface area contributed by atoms with Gasteiger partial charge in [0.1, 0.15) is 5.75 Å². The lowest BCUT2D eigenvalue weighted by atomic mass is 9.90. The molecule has 2 aromatic rings. The Morgan fingerprint density at radius 3 is 2.70 bits per heavy atom. The maximum absolute atomic E-state index is 12.3. The van der Waals surface area contributed by atoms with Crippen molar-refractivity contribution in [2.45, 2.75) is 17.9 Å². The molecular formula is C16H15NO4S2. The topological polar surface area (TPSA) is 68.4 Å². The molecule has 5 nitrogen and oxygen atoms in total. The van der Waals surface area contributed by atoms with Crippen LogP contribution in [0.3, 0.4) is 0 Å². The number of hydrogen-bond donors (Lipinski definition) is 1. The Morgan fingerprint density at radius 1 is 1.30 bits per heavy atom. The van der Waals surface area contributed by atoms with Gasteiger partial charge in [-0.1, -0.05) is 35.2 Å². The lowest BCUT2D eigenvalue weighted by molar-refractivity contribution is -0.138. The molecule has 0 fully saturated rings. The number of esters is 1. The van der Waals surface area contributed by atoms with E-state index in [0.29, 0.717) is 12.2 Å². The predicted molar refractivity (Wildman–Crippen MR) is 90.3 cm³/mol. The van der Waals surface area contributed by atoms with E-state index in [4.69, 9.17) is 9.47 Å². The van der Waals surface area contributed by atoms with Crippen LogP contribution >= 0.6 is 23.1 Å². The number of aromatic nitrogens is 1. The highest BCUT2D eigenvalue weighted by atomic mass is 32.2. The largest absolute Gasteiger partial charge is 0.497 e. The molecule has 1 unspecified atom stereocenters. The highest BCUT2D eigenvalue weighted by molar-refractivity contribution is 8.02. The van der Waals surface area contributed by atoms with Crippen LogP contribution in [-0.4, -0.2) is 24.7 Å². The molecule has 0 amide bonds. The number of H-pyrrole nitrogens is 1. The van der Waals surface area contributed by atoms with E-state index in [1.165, 1.54) is 11.8 Å². The molecule has 2 heterocycles. The summed E-state index contributed by atoms with van der Waals surface area (Å²) < 4.78 is 10.3. The minimum absolute atomic E-state index is 0.125. The van der Waals surface area contributed by atoms with E-state index >= 15 is 0 Å². The summed E-state index contributed by atoms with van der Waals surface area (Å²) in [5.41, 5.74) is 1.46. The summed E-state index contributed by atoms with van der Waals surface area (Å²) in [6, 6.07) is 7.49. The van der Waals surface area contributed by atoms with Crippen LogP contribution in [-0.2, 0) is 9.53 Å². The summed E-state index contributed by atoms with van der Waals surface area (Å²) in [6.07, 6.45) is 0. The Morgan fingerprint density at radius 2 is 2.04 bits per heavy atom. The van der Waals surface area contributed by atoms with Gasteiger partial charge in [-0.05, 0) is 30.0 Å². The van der Waals surface area contributed by atoms with Crippen LogP contribution in [0, 0.1) is 0 Å². The number of carbonyl (C=O) groups is 1. The molecule has 1 aromatic heterocycles. The highest BCUT2D eigenvalue weighted by Crippen LogP contribution is 2.44. The second kappa shape index (κ2) is 6.64. The van der Waals surface area contributed by atoms with E-state index in [1.807, 2.05) is 24.3 Å². The van der Waals surface area contributed by atoms with Crippen molar-refractivity contribution in [3.05, 3.63) is 55.4 Å². The molecule has 0 bridgehead atoms. The average Bonchev–Trinajstić information content (AvgIpc) is 2.94. The molecule has 120 valence electrons. The maximum atomic E-state index is 12.3. The molecule has 3 rings (SSSR count). The van der Waals surface area contributed by atoms with Gasteiger partial charge >= 0.3 is 10.8 Å². The van der Waals surface area contributed by atoms with Crippen molar-refractivity contribution in [1.29, 1.82) is 0 Å². The van der Waals surface area contributed by atoms with Gasteiger partial charge in [-0.2, -0.15) is 0 Å². The third kappa shape index (κ3) is 3.07. The summed E-state index contributed by atoms with van der Waals surface area (Å²) in [6.45, 7) is 2.09. The lowest BCUT2D eigenvalue weighted by Gasteiger charge is -2.23. The van der Waals surface area contributed by atoms with Gasteiger partial charge in [0.05, 0.1) is 35.1 Å². The summed E-state index contributed by atoms with van der Waals surface area (Å²) in [5.74, 6) is 0.0792. The number of nitrogens with one attached hydrogen (secondary N) is 1. The number of thioether (sulfide) groups is 1. The fraction of sp³-hybridized carbons (Fsp3) is 0.250. The Balaban J connectivity index is 2.07. The second-order valence-electron chi connectivity index (χ2n) is 4.83. The molecule has 7 heteroatoms. The molecule has 0 radical (unpaired) electrons. The highest BCUT2D eigenvalue weighted by Gasteiger charge is 2.33. The molecule has 0 saturated carbocycles. The number of methoxy groups -OCH3 is 1. The predicted octanol–water partition coefficient (Wildman–Crippen LogP) is 3.13. The number of fused-ring (bicyclic) bond motifs is 1. The van der Waals surface area contributed by atoms with Crippen molar-refractivity contribution in [2.24, 2.45) is 0 Å². The van der Waals surface area contributed by atoms with Crippen LogP contribution in [0.25, 0.3) is 0 Å². The molecule has 1 aliphatic rings. The molecular weight excluding hydrogens is 334 g/mol. The van der Waals surface area contributed by atoms with Gasteiger partial charge in [0.2, 0.25) is 0 Å². The van der Waals surface area contributed by atoms with Crippen molar-refractivity contribution >= 4 is 29.1 Å². The van der Waals surface area contributed by atoms with Gasteiger partial charge in [0.25, 0.3) is 0 Å². The first kappa shape index (κ1) is 15.9. The molecule has 0 saturated heterocycles. The van der Waals surface area contributed by atoms with Crippen molar-refractivity contribution in [3.63, 3.8) is 0 Å². The summed E-state index contributed by atoms with van der Waals surface area (Å²) >= 11 is 2.48. The van der Waals surface area contributed by atoms with Crippen LogP contribution in [0.1, 0.15) is 23.3 Å². The van der Waals surface area contributed by atoms with Gasteiger partial charge in [-0.25, -0.2) is 4.79 Å². The van der Waals surface area contributed by atoms with Crippen molar-refractivity contribution in [3.8, 4) is 5.75 Å². The molecule has 0 aliphatic carbocycles. The number of hydrogen-bond acceptors (Lipinski definition) is 6. The SMILES string of the molecule is CCOC(=O)C1=CSc2[nH]c(=O)sc2C1c1ccc(OC)cc1. The fourth-order valence-electron chi connectivity index (χ4n) is 2.44. The zero-order chi connectivity index (χ0) is 16.4. The van der Waals surface area contributed by atoms with Crippen LogP contribution in [0.4, 0.5) is 0 Å². The van der Waals surface area contributed by atoms with Gasteiger partial charge in [0, 0.05) is 0 Å². The van der Waals surface area contributed by atoms with Crippen molar-refractivity contribution in [1.82, 2.24) is 4.98 Å². The minimum atomic E-state index is -0.354. The van der Waals surface area contributed by atoms with E-state index in [0.717, 1.165) is 32.6 Å². The smallest absolute Gasteiger partial charge is 0.335 e. The number of rotatable bonds is 4. The number of thiazole rings is 1. The van der Waals surface area contributed by atoms with Crippen LogP contribution in [0.15, 0.2) is 45.1 Å². The maximum Gasteiger partial charge on any atom is 0.335 e. The van der Waals surface area contributed by atoms with E-state index in [2.05, 4.69) is 4.98 Å². The molecule has 23 heavy (non-hydrogen) atoms. The Labute approximate surface area is 141 Å². The first-order valence-electron chi connectivity index (χ1n) is 7.04. The minimum Gasteiger partial charge on any atom is -0.497 e. The first-order valence-corrected chi connectivity index (χ1v) is 8.74. The van der Waals surface area contributed by atoms with Crippen LogP contribution in [0.2, 0.25) is 0 Å². The van der Waals surface area contributed by atoms with Crippen molar-refractivity contribution < 1.29 is 14.3 Å². The quantitative estimate of drug-likeness (QED) is 0.859. The summed E-state index contributed by atoms with van der Waals surface area (Å²) in [4.78, 5) is 27.6. The number of ether oxygens (including phenoxy) is 2. The first-order chi connectivity index (χ1) is 11.1. The lowest BCUT2D eigenvalue weighted by Crippen LogP contribution is -2.17. The van der Waals surface area contributed by atoms with E-state index in [1.54, 1.807) is 19.4 Å². The third-order valence-electron chi connectivity index (χ3n) is 3.48. The number of carbonyl (C=O) groups excluding carboxylic acids is 1. The number of aromatic amines is 1. The Kier molecular flexibility index (Phi) is 4.58. The third-order valence-corrected chi connectivity index (χ3v) is 5.49. The summed E-state index contributed by atoms with van der Waals surface area (Å²) in [5, 5.41) is 2.55. The van der Waals surface area contributed by atoms with Gasteiger partial charge in [-0.3, -0.25) is 4.79 Å². The van der Waals surface area contributed by atoms with E-state index < -0.39 is 0 Å². The normalized spacial score (nSPS) is 16.4.